The van der Waals surface area contributed by atoms with Crippen LogP contribution in [0.5, 0.6) is 11.5 Å². The Hall–Kier alpha value is -2.30. The number of carbonyl (C=O) groups is 2. The minimum atomic E-state index is -0.335. The molecule has 5 nitrogen and oxygen atoms in total. The molecular weight excluding hydrogens is 272 g/mol. The molecule has 1 aromatic carbocycles. The number of rotatable bonds is 6. The van der Waals surface area contributed by atoms with Crippen molar-refractivity contribution in [2.24, 2.45) is 5.92 Å². The molecule has 1 saturated carbocycles. The maximum Gasteiger partial charge on any atom is 0.231 e. The minimum Gasteiger partial charge on any atom is -0.501 e. The van der Waals surface area contributed by atoms with Crippen molar-refractivity contribution >= 4 is 11.6 Å². The summed E-state index contributed by atoms with van der Waals surface area (Å²) in [4.78, 5) is 24.8. The zero-order chi connectivity index (χ0) is 14.8. The van der Waals surface area contributed by atoms with Crippen LogP contribution in [0.2, 0.25) is 0 Å². The van der Waals surface area contributed by atoms with Gasteiger partial charge in [0.05, 0.1) is 12.9 Å². The molecule has 21 heavy (non-hydrogen) atoms. The number of Topliss-reactive ketones (excluding diaryl/α,β-unsaturated/α-hetero) is 2. The highest BCUT2D eigenvalue weighted by Gasteiger charge is 2.35. The van der Waals surface area contributed by atoms with E-state index >= 15 is 0 Å². The van der Waals surface area contributed by atoms with Crippen molar-refractivity contribution < 1.29 is 23.8 Å². The smallest absolute Gasteiger partial charge is 0.231 e. The summed E-state index contributed by atoms with van der Waals surface area (Å²) < 4.78 is 15.6. The summed E-state index contributed by atoms with van der Waals surface area (Å²) in [5.41, 5.74) is 0.511. The lowest BCUT2D eigenvalue weighted by atomic mass is 9.98. The number of benzene rings is 1. The molecule has 1 aromatic rings. The molecule has 3 rings (SSSR count). The molecule has 5 heteroatoms. The molecule has 0 atom stereocenters. The number of hydrogen-bond donors (Lipinski definition) is 0. The Labute approximate surface area is 122 Å². The van der Waals surface area contributed by atoms with E-state index in [0.717, 1.165) is 12.8 Å². The summed E-state index contributed by atoms with van der Waals surface area (Å²) in [6.07, 6.45) is 2.97. The van der Waals surface area contributed by atoms with Crippen LogP contribution in [0.3, 0.4) is 0 Å². The van der Waals surface area contributed by atoms with Crippen LogP contribution in [0, 0.1) is 5.92 Å². The first-order chi connectivity index (χ1) is 10.2. The van der Waals surface area contributed by atoms with Gasteiger partial charge in [-0.05, 0) is 38.0 Å². The number of carbonyl (C=O) groups excluding carboxylic acids is 2. The molecule has 0 saturated heterocycles. The van der Waals surface area contributed by atoms with Crippen LogP contribution in [0.25, 0.3) is 0 Å². The lowest BCUT2D eigenvalue weighted by Gasteiger charge is -2.06. The topological polar surface area (TPSA) is 61.8 Å². The van der Waals surface area contributed by atoms with Gasteiger partial charge in [-0.1, -0.05) is 0 Å². The Morgan fingerprint density at radius 2 is 2.05 bits per heavy atom. The molecule has 0 unspecified atom stereocenters. The van der Waals surface area contributed by atoms with Gasteiger partial charge in [-0.2, -0.15) is 0 Å². The van der Waals surface area contributed by atoms with Crippen molar-refractivity contribution in [3.05, 3.63) is 35.6 Å². The Bertz CT molecular complexity index is 613. The Morgan fingerprint density at radius 1 is 1.29 bits per heavy atom. The molecule has 1 aliphatic heterocycles. The lowest BCUT2D eigenvalue weighted by Crippen LogP contribution is -2.15. The van der Waals surface area contributed by atoms with Crippen molar-refractivity contribution in [2.45, 2.75) is 19.8 Å². The summed E-state index contributed by atoms with van der Waals surface area (Å²) in [6.45, 7) is 2.37. The summed E-state index contributed by atoms with van der Waals surface area (Å²) in [5.74, 6) is 0.630. The summed E-state index contributed by atoms with van der Waals surface area (Å²) >= 11 is 0. The Morgan fingerprint density at radius 3 is 2.76 bits per heavy atom. The van der Waals surface area contributed by atoms with Gasteiger partial charge in [0.2, 0.25) is 6.79 Å². The molecule has 0 bridgehead atoms. The van der Waals surface area contributed by atoms with E-state index in [1.807, 2.05) is 0 Å². The summed E-state index contributed by atoms with van der Waals surface area (Å²) in [7, 11) is 0. The molecule has 110 valence electrons. The van der Waals surface area contributed by atoms with Crippen LogP contribution >= 0.6 is 0 Å². The average molecular weight is 288 g/mol. The lowest BCUT2D eigenvalue weighted by molar-refractivity contribution is -0.116. The highest BCUT2D eigenvalue weighted by molar-refractivity contribution is 6.27. The third-order valence-corrected chi connectivity index (χ3v) is 3.46. The van der Waals surface area contributed by atoms with Crippen molar-refractivity contribution in [3.63, 3.8) is 0 Å². The molecule has 1 aliphatic carbocycles. The van der Waals surface area contributed by atoms with Crippen molar-refractivity contribution in [2.75, 3.05) is 13.4 Å². The van der Waals surface area contributed by atoms with E-state index in [9.17, 15) is 9.59 Å². The largest absolute Gasteiger partial charge is 0.501 e. The SMILES string of the molecule is CCO/C=C(\C(=O)c1ccc2c(c1)OCO2)C(=O)C1CC1. The van der Waals surface area contributed by atoms with Gasteiger partial charge in [0.25, 0.3) is 0 Å². The van der Waals surface area contributed by atoms with Gasteiger partial charge in [0, 0.05) is 11.5 Å². The van der Waals surface area contributed by atoms with Gasteiger partial charge in [-0.3, -0.25) is 9.59 Å². The van der Waals surface area contributed by atoms with Crippen molar-refractivity contribution in [3.8, 4) is 11.5 Å². The number of allylic oxidation sites excluding steroid dienone is 1. The first-order valence-electron chi connectivity index (χ1n) is 7.01. The number of ketones is 2. The maximum atomic E-state index is 12.6. The predicted octanol–water partition coefficient (Wildman–Crippen LogP) is 2.50. The van der Waals surface area contributed by atoms with Crippen LogP contribution in [0.1, 0.15) is 30.1 Å². The van der Waals surface area contributed by atoms with Crippen LogP contribution in [-0.4, -0.2) is 25.0 Å². The third-order valence-electron chi connectivity index (χ3n) is 3.46. The van der Waals surface area contributed by atoms with E-state index in [4.69, 9.17) is 14.2 Å². The zero-order valence-electron chi connectivity index (χ0n) is 11.8. The Balaban J connectivity index is 1.88. The van der Waals surface area contributed by atoms with Crippen LogP contribution < -0.4 is 9.47 Å². The van der Waals surface area contributed by atoms with E-state index < -0.39 is 0 Å². The molecule has 0 amide bonds. The fraction of sp³-hybridized carbons (Fsp3) is 0.375. The second kappa shape index (κ2) is 5.60. The van der Waals surface area contributed by atoms with Gasteiger partial charge in [-0.25, -0.2) is 0 Å². The molecule has 0 N–H and O–H groups in total. The fourth-order valence-corrected chi connectivity index (χ4v) is 2.15. The van der Waals surface area contributed by atoms with E-state index in [-0.39, 0.29) is 29.9 Å². The van der Waals surface area contributed by atoms with E-state index in [1.165, 1.54) is 6.26 Å². The second-order valence-corrected chi connectivity index (χ2v) is 5.02. The second-order valence-electron chi connectivity index (χ2n) is 5.02. The van der Waals surface area contributed by atoms with E-state index in [0.29, 0.717) is 23.7 Å². The van der Waals surface area contributed by atoms with Gasteiger partial charge < -0.3 is 14.2 Å². The number of hydrogen-bond acceptors (Lipinski definition) is 5. The maximum absolute atomic E-state index is 12.6. The standard InChI is InChI=1S/C16H16O5/c1-2-19-8-12(15(17)10-3-4-10)16(18)11-5-6-13-14(7-11)21-9-20-13/h5-8,10H,2-4,9H2,1H3/b12-8-. The molecule has 0 spiro atoms. The first-order valence-corrected chi connectivity index (χ1v) is 7.01. The van der Waals surface area contributed by atoms with Crippen LogP contribution in [0.4, 0.5) is 0 Å². The minimum absolute atomic E-state index is 0.0327. The van der Waals surface area contributed by atoms with Gasteiger partial charge >= 0.3 is 0 Å². The third kappa shape index (κ3) is 2.77. The first kappa shape index (κ1) is 13.7. The highest BCUT2D eigenvalue weighted by Crippen LogP contribution is 2.35. The zero-order valence-corrected chi connectivity index (χ0v) is 11.8. The average Bonchev–Trinajstić information content (AvgIpc) is 3.24. The van der Waals surface area contributed by atoms with Crippen LogP contribution in [-0.2, 0) is 9.53 Å². The van der Waals surface area contributed by atoms with E-state index in [1.54, 1.807) is 25.1 Å². The summed E-state index contributed by atoms with van der Waals surface area (Å²) in [6, 6.07) is 4.91. The van der Waals surface area contributed by atoms with E-state index in [2.05, 4.69) is 0 Å². The summed E-state index contributed by atoms with van der Waals surface area (Å²) in [5, 5.41) is 0. The molecule has 1 heterocycles. The molecule has 0 aromatic heterocycles. The van der Waals surface area contributed by atoms with Gasteiger partial charge in [0.1, 0.15) is 5.57 Å². The van der Waals surface area contributed by atoms with Crippen LogP contribution in [0.15, 0.2) is 30.0 Å². The molecular formula is C16H16O5. The fourth-order valence-electron chi connectivity index (χ4n) is 2.15. The van der Waals surface area contributed by atoms with Gasteiger partial charge in [0.15, 0.2) is 23.1 Å². The molecule has 1 fully saturated rings. The molecule has 2 aliphatic rings. The number of ether oxygens (including phenoxy) is 3. The highest BCUT2D eigenvalue weighted by atomic mass is 16.7. The van der Waals surface area contributed by atoms with Crippen molar-refractivity contribution in [1.82, 2.24) is 0 Å². The van der Waals surface area contributed by atoms with Gasteiger partial charge in [-0.15, -0.1) is 0 Å². The Kier molecular flexibility index (Phi) is 3.64. The predicted molar refractivity (Wildman–Crippen MR) is 74.3 cm³/mol. The molecule has 0 radical (unpaired) electrons. The monoisotopic (exact) mass is 288 g/mol. The van der Waals surface area contributed by atoms with Crippen molar-refractivity contribution in [1.29, 1.82) is 0 Å². The normalized spacial score (nSPS) is 16.7. The quantitative estimate of drug-likeness (QED) is 0.264. The number of fused-ring (bicyclic) bond motifs is 1.